The summed E-state index contributed by atoms with van der Waals surface area (Å²) in [6.45, 7) is 3.71. The van der Waals surface area contributed by atoms with Gasteiger partial charge in [0.1, 0.15) is 17.1 Å². The maximum Gasteiger partial charge on any atom is 0.226 e. The summed E-state index contributed by atoms with van der Waals surface area (Å²) >= 11 is 0. The molecule has 1 amide bonds. The molecule has 4 rings (SSSR count). The van der Waals surface area contributed by atoms with Crippen LogP contribution >= 0.6 is 0 Å². The van der Waals surface area contributed by atoms with Crippen molar-refractivity contribution in [2.75, 3.05) is 12.4 Å². The van der Waals surface area contributed by atoms with Crippen LogP contribution in [0.5, 0.6) is 11.6 Å². The molecule has 0 saturated heterocycles. The molecule has 8 heteroatoms. The standard InChI is InChI=1S/C24H25N5O3/c1-14(2)23(30)27-18-6-4-5-15(9-18)7-8-21-28-22-19(24(31)29-21)10-16(11-20(22)32-3)17-12-25-26-13-17/h4-6,9-14H,7-8H2,1-3H3,(H,25,26)(H,27,30)(H,28,29,31). The van der Waals surface area contributed by atoms with Gasteiger partial charge in [0.05, 0.1) is 18.7 Å². The maximum absolute atomic E-state index is 11.9. The van der Waals surface area contributed by atoms with Gasteiger partial charge in [0, 0.05) is 29.8 Å². The summed E-state index contributed by atoms with van der Waals surface area (Å²) in [5.41, 5.74) is 4.07. The first kappa shape index (κ1) is 21.3. The van der Waals surface area contributed by atoms with Gasteiger partial charge in [-0.1, -0.05) is 26.0 Å². The lowest BCUT2D eigenvalue weighted by atomic mass is 10.1. The van der Waals surface area contributed by atoms with Crippen LogP contribution in [-0.2, 0) is 17.6 Å². The van der Waals surface area contributed by atoms with E-state index >= 15 is 0 Å². The Morgan fingerprint density at radius 1 is 1.16 bits per heavy atom. The van der Waals surface area contributed by atoms with E-state index in [4.69, 9.17) is 4.74 Å². The average molecular weight is 431 g/mol. The van der Waals surface area contributed by atoms with Crippen LogP contribution in [0.3, 0.4) is 0 Å². The third-order valence-electron chi connectivity index (χ3n) is 5.20. The molecular weight excluding hydrogens is 406 g/mol. The minimum absolute atomic E-state index is 0.0215. The third-order valence-corrected chi connectivity index (χ3v) is 5.20. The van der Waals surface area contributed by atoms with E-state index in [1.807, 2.05) is 50.2 Å². The van der Waals surface area contributed by atoms with Gasteiger partial charge in [-0.3, -0.25) is 9.89 Å². The molecule has 2 heterocycles. The number of aromatic hydroxyl groups is 1. The number of amides is 1. The predicted octanol–water partition coefficient (Wildman–Crippen LogP) is 4.11. The van der Waals surface area contributed by atoms with Crippen molar-refractivity contribution < 1.29 is 14.6 Å². The first-order chi connectivity index (χ1) is 15.4. The molecule has 0 spiro atoms. The summed E-state index contributed by atoms with van der Waals surface area (Å²) in [4.78, 5) is 20.9. The van der Waals surface area contributed by atoms with Crippen LogP contribution in [0.1, 0.15) is 25.2 Å². The van der Waals surface area contributed by atoms with Crippen LogP contribution in [-0.4, -0.2) is 38.3 Å². The topological polar surface area (TPSA) is 113 Å². The number of hydrogen-bond donors (Lipinski definition) is 3. The van der Waals surface area contributed by atoms with Gasteiger partial charge in [-0.25, -0.2) is 4.98 Å². The molecule has 8 nitrogen and oxygen atoms in total. The highest BCUT2D eigenvalue weighted by molar-refractivity contribution is 5.93. The van der Waals surface area contributed by atoms with Crippen LogP contribution in [0.4, 0.5) is 5.69 Å². The number of aromatic nitrogens is 4. The molecule has 0 bridgehead atoms. The van der Waals surface area contributed by atoms with E-state index in [1.165, 1.54) is 0 Å². The van der Waals surface area contributed by atoms with Crippen LogP contribution < -0.4 is 10.1 Å². The van der Waals surface area contributed by atoms with Crippen molar-refractivity contribution >= 4 is 22.5 Å². The molecular formula is C24H25N5O3. The second-order valence-electron chi connectivity index (χ2n) is 7.87. The highest BCUT2D eigenvalue weighted by Gasteiger charge is 2.15. The summed E-state index contributed by atoms with van der Waals surface area (Å²) in [6.07, 6.45) is 4.65. The monoisotopic (exact) mass is 431 g/mol. The van der Waals surface area contributed by atoms with E-state index < -0.39 is 0 Å². The van der Waals surface area contributed by atoms with Crippen LogP contribution in [0.2, 0.25) is 0 Å². The summed E-state index contributed by atoms with van der Waals surface area (Å²) < 4.78 is 5.54. The molecule has 0 saturated carbocycles. The Bertz CT molecular complexity index is 1250. The molecule has 4 aromatic rings. The molecule has 2 aromatic carbocycles. The molecule has 0 aliphatic heterocycles. The third kappa shape index (κ3) is 4.54. The molecule has 164 valence electrons. The van der Waals surface area contributed by atoms with Crippen molar-refractivity contribution in [1.29, 1.82) is 0 Å². The van der Waals surface area contributed by atoms with Crippen molar-refractivity contribution in [2.45, 2.75) is 26.7 Å². The highest BCUT2D eigenvalue weighted by atomic mass is 16.5. The number of nitrogens with one attached hydrogen (secondary N) is 2. The van der Waals surface area contributed by atoms with E-state index in [1.54, 1.807) is 19.5 Å². The summed E-state index contributed by atoms with van der Waals surface area (Å²) in [5.74, 6) is 0.868. The summed E-state index contributed by atoms with van der Waals surface area (Å²) in [6, 6.07) is 11.4. The van der Waals surface area contributed by atoms with E-state index in [0.717, 1.165) is 22.4 Å². The van der Waals surface area contributed by atoms with Crippen LogP contribution in [0, 0.1) is 5.92 Å². The Labute approximate surface area is 185 Å². The first-order valence-electron chi connectivity index (χ1n) is 10.4. The fraction of sp³-hybridized carbons (Fsp3) is 0.250. The largest absolute Gasteiger partial charge is 0.494 e. The Morgan fingerprint density at radius 2 is 2.00 bits per heavy atom. The molecule has 3 N–H and O–H groups in total. The number of methoxy groups -OCH3 is 1. The smallest absolute Gasteiger partial charge is 0.226 e. The van der Waals surface area contributed by atoms with Gasteiger partial charge >= 0.3 is 0 Å². The lowest BCUT2D eigenvalue weighted by Crippen LogP contribution is -2.17. The van der Waals surface area contributed by atoms with Gasteiger partial charge in [-0.2, -0.15) is 10.1 Å². The molecule has 2 aromatic heterocycles. The number of fused-ring (bicyclic) bond motifs is 1. The molecule has 0 aliphatic carbocycles. The fourth-order valence-corrected chi connectivity index (χ4v) is 3.42. The Hall–Kier alpha value is -3.94. The second kappa shape index (κ2) is 9.05. The Morgan fingerprint density at radius 3 is 2.72 bits per heavy atom. The number of aryl methyl sites for hydroxylation is 2. The zero-order chi connectivity index (χ0) is 22.7. The molecule has 32 heavy (non-hydrogen) atoms. The zero-order valence-corrected chi connectivity index (χ0v) is 18.2. The number of ether oxygens (including phenoxy) is 1. The average Bonchev–Trinajstić information content (AvgIpc) is 3.32. The lowest BCUT2D eigenvalue weighted by molar-refractivity contribution is -0.118. The van der Waals surface area contributed by atoms with Crippen molar-refractivity contribution in [3.05, 3.63) is 60.2 Å². The minimum atomic E-state index is -0.0911. The van der Waals surface area contributed by atoms with E-state index in [-0.39, 0.29) is 17.7 Å². The van der Waals surface area contributed by atoms with Gasteiger partial charge in [0.2, 0.25) is 11.8 Å². The van der Waals surface area contributed by atoms with Crippen molar-refractivity contribution in [3.63, 3.8) is 0 Å². The molecule has 0 fully saturated rings. The number of carbonyl (C=O) groups is 1. The number of anilines is 1. The number of aromatic amines is 1. The molecule has 0 radical (unpaired) electrons. The van der Waals surface area contributed by atoms with E-state index in [0.29, 0.717) is 35.3 Å². The van der Waals surface area contributed by atoms with Gasteiger partial charge < -0.3 is 15.2 Å². The first-order valence-corrected chi connectivity index (χ1v) is 10.4. The normalized spacial score (nSPS) is 11.1. The number of nitrogens with zero attached hydrogens (tertiary/aromatic N) is 3. The van der Waals surface area contributed by atoms with Gasteiger partial charge in [0.25, 0.3) is 0 Å². The fourth-order valence-electron chi connectivity index (χ4n) is 3.42. The van der Waals surface area contributed by atoms with Crippen LogP contribution in [0.15, 0.2) is 48.8 Å². The van der Waals surface area contributed by atoms with Crippen LogP contribution in [0.25, 0.3) is 22.0 Å². The van der Waals surface area contributed by atoms with Crippen molar-refractivity contribution in [3.8, 4) is 22.8 Å². The maximum atomic E-state index is 11.9. The number of hydrogen-bond acceptors (Lipinski definition) is 6. The number of benzene rings is 2. The number of H-pyrrole nitrogens is 1. The minimum Gasteiger partial charge on any atom is -0.494 e. The lowest BCUT2D eigenvalue weighted by Gasteiger charge is -2.11. The van der Waals surface area contributed by atoms with Gasteiger partial charge in [-0.05, 0) is 41.8 Å². The van der Waals surface area contributed by atoms with E-state index in [2.05, 4.69) is 25.5 Å². The SMILES string of the molecule is COc1cc(-c2cn[nH]c2)cc2c(O)nc(CCc3cccc(NC(=O)C(C)C)c3)nc12. The zero-order valence-electron chi connectivity index (χ0n) is 18.2. The Kier molecular flexibility index (Phi) is 6.02. The number of carbonyl (C=O) groups excluding carboxylic acids is 1. The predicted molar refractivity (Wildman–Crippen MR) is 123 cm³/mol. The summed E-state index contributed by atoms with van der Waals surface area (Å²) in [7, 11) is 1.57. The molecule has 0 unspecified atom stereocenters. The molecule has 0 aliphatic rings. The number of rotatable bonds is 7. The molecule has 0 atom stereocenters. The van der Waals surface area contributed by atoms with Gasteiger partial charge in [-0.15, -0.1) is 0 Å². The highest BCUT2D eigenvalue weighted by Crippen LogP contribution is 2.34. The van der Waals surface area contributed by atoms with Crippen molar-refractivity contribution in [2.24, 2.45) is 5.92 Å². The summed E-state index contributed by atoms with van der Waals surface area (Å²) in [5, 5.41) is 20.8. The Balaban J connectivity index is 1.58. The van der Waals surface area contributed by atoms with E-state index in [9.17, 15) is 9.90 Å². The quantitative estimate of drug-likeness (QED) is 0.406. The van der Waals surface area contributed by atoms with Gasteiger partial charge in [0.15, 0.2) is 0 Å². The van der Waals surface area contributed by atoms with Crippen molar-refractivity contribution in [1.82, 2.24) is 20.2 Å². The second-order valence-corrected chi connectivity index (χ2v) is 7.87.